The van der Waals surface area contributed by atoms with Crippen LogP contribution in [0.25, 0.3) is 0 Å². The molecule has 1 N–H and O–H groups in total. The lowest BCUT2D eigenvalue weighted by Gasteiger charge is -2.15. The fraction of sp³-hybridized carbons (Fsp3) is 0.533. The molecule has 0 saturated heterocycles. The van der Waals surface area contributed by atoms with Gasteiger partial charge in [0.1, 0.15) is 5.75 Å². The van der Waals surface area contributed by atoms with Crippen molar-refractivity contribution in [3.63, 3.8) is 0 Å². The molecule has 0 fully saturated rings. The Morgan fingerprint density at radius 1 is 1.28 bits per heavy atom. The molecular weight excluding hydrogens is 226 g/mol. The third-order valence-electron chi connectivity index (χ3n) is 3.58. The molecule has 0 saturated carbocycles. The van der Waals surface area contributed by atoms with E-state index in [1.165, 1.54) is 30.4 Å². The van der Waals surface area contributed by atoms with Gasteiger partial charge < -0.3 is 10.1 Å². The number of ether oxygens (including phenoxy) is 1. The summed E-state index contributed by atoms with van der Waals surface area (Å²) in [6.07, 6.45) is 5.71. The summed E-state index contributed by atoms with van der Waals surface area (Å²) in [4.78, 5) is 12.3. The van der Waals surface area contributed by atoms with Crippen molar-refractivity contribution < 1.29 is 9.53 Å². The van der Waals surface area contributed by atoms with Crippen LogP contribution in [0.1, 0.15) is 40.7 Å². The summed E-state index contributed by atoms with van der Waals surface area (Å²) in [5, 5.41) is 2.93. The highest BCUT2D eigenvalue weighted by Gasteiger charge is 2.20. The summed E-state index contributed by atoms with van der Waals surface area (Å²) in [5.41, 5.74) is 3.34. The normalized spacial score (nSPS) is 14.8. The zero-order valence-corrected chi connectivity index (χ0v) is 11.2. The van der Waals surface area contributed by atoms with Crippen LogP contribution in [0.4, 0.5) is 0 Å². The molecule has 1 aliphatic rings. The predicted molar refractivity (Wildman–Crippen MR) is 72.5 cm³/mol. The maximum atomic E-state index is 12.3. The fourth-order valence-electron chi connectivity index (χ4n) is 2.71. The third-order valence-corrected chi connectivity index (χ3v) is 3.58. The van der Waals surface area contributed by atoms with Gasteiger partial charge in [-0.25, -0.2) is 0 Å². The van der Waals surface area contributed by atoms with Gasteiger partial charge >= 0.3 is 0 Å². The van der Waals surface area contributed by atoms with Gasteiger partial charge in [0.25, 0.3) is 0 Å². The molecule has 18 heavy (non-hydrogen) atoms. The summed E-state index contributed by atoms with van der Waals surface area (Å²) in [6, 6.07) is 4.06. The molecule has 0 aliphatic heterocycles. The van der Waals surface area contributed by atoms with Crippen LogP contribution in [-0.4, -0.2) is 26.5 Å². The molecule has 2 rings (SSSR count). The number of benzene rings is 1. The topological polar surface area (TPSA) is 38.3 Å². The number of rotatable bonds is 4. The van der Waals surface area contributed by atoms with Crippen molar-refractivity contribution in [2.24, 2.45) is 0 Å². The second kappa shape index (κ2) is 6.01. The van der Waals surface area contributed by atoms with E-state index >= 15 is 0 Å². The van der Waals surface area contributed by atoms with Gasteiger partial charge in [0.05, 0.1) is 19.2 Å². The van der Waals surface area contributed by atoms with E-state index in [2.05, 4.69) is 11.4 Å². The van der Waals surface area contributed by atoms with Crippen LogP contribution >= 0.6 is 0 Å². The molecule has 98 valence electrons. The Labute approximate surface area is 109 Å². The summed E-state index contributed by atoms with van der Waals surface area (Å²) in [5.74, 6) is 0.851. The van der Waals surface area contributed by atoms with Crippen molar-refractivity contribution in [2.45, 2.75) is 32.1 Å². The van der Waals surface area contributed by atoms with Crippen molar-refractivity contribution in [3.05, 3.63) is 28.8 Å². The SMILES string of the molecule is CNCC(=O)c1c(OC)ccc2c1CCCCC2. The lowest BCUT2D eigenvalue weighted by molar-refractivity contribution is 0.0989. The van der Waals surface area contributed by atoms with Gasteiger partial charge in [-0.3, -0.25) is 4.79 Å². The number of aryl methyl sites for hydroxylation is 1. The molecule has 0 bridgehead atoms. The number of hydrogen-bond donors (Lipinski definition) is 1. The first-order chi connectivity index (χ1) is 8.77. The Morgan fingerprint density at radius 2 is 2.06 bits per heavy atom. The monoisotopic (exact) mass is 247 g/mol. The molecule has 1 aromatic carbocycles. The Bertz CT molecular complexity index is 440. The number of ketones is 1. The molecule has 1 aromatic rings. The van der Waals surface area contributed by atoms with E-state index in [0.29, 0.717) is 6.54 Å². The number of hydrogen-bond acceptors (Lipinski definition) is 3. The van der Waals surface area contributed by atoms with Gasteiger partial charge in [-0.05, 0) is 49.9 Å². The molecule has 3 heteroatoms. The molecule has 0 atom stereocenters. The van der Waals surface area contributed by atoms with Crippen LogP contribution in [0.15, 0.2) is 12.1 Å². The van der Waals surface area contributed by atoms with Crippen LogP contribution in [0.5, 0.6) is 5.75 Å². The summed E-state index contributed by atoms with van der Waals surface area (Å²) in [7, 11) is 3.43. The van der Waals surface area contributed by atoms with Crippen LogP contribution in [0, 0.1) is 0 Å². The highest BCUT2D eigenvalue weighted by molar-refractivity contribution is 6.01. The van der Waals surface area contributed by atoms with Crippen molar-refractivity contribution in [1.82, 2.24) is 5.32 Å². The minimum atomic E-state index is 0.132. The number of Topliss-reactive ketones (excluding diaryl/α,β-unsaturated/α-hetero) is 1. The third kappa shape index (κ3) is 2.56. The van der Waals surface area contributed by atoms with Gasteiger partial charge in [0.2, 0.25) is 0 Å². The number of carbonyl (C=O) groups excluding carboxylic acids is 1. The van der Waals surface area contributed by atoms with Crippen LogP contribution < -0.4 is 10.1 Å². The second-order valence-corrected chi connectivity index (χ2v) is 4.79. The number of methoxy groups -OCH3 is 1. The van der Waals surface area contributed by atoms with Crippen molar-refractivity contribution in [1.29, 1.82) is 0 Å². The highest BCUT2D eigenvalue weighted by Crippen LogP contribution is 2.30. The molecule has 0 spiro atoms. The number of carbonyl (C=O) groups is 1. The Kier molecular flexibility index (Phi) is 4.37. The van der Waals surface area contributed by atoms with E-state index in [1.807, 2.05) is 6.07 Å². The highest BCUT2D eigenvalue weighted by atomic mass is 16.5. The molecular formula is C15H21NO2. The van der Waals surface area contributed by atoms with Crippen molar-refractivity contribution in [2.75, 3.05) is 20.7 Å². The summed E-state index contributed by atoms with van der Waals surface area (Å²) >= 11 is 0. The average Bonchev–Trinajstić information content (AvgIpc) is 2.62. The molecule has 0 heterocycles. The van der Waals surface area contributed by atoms with E-state index < -0.39 is 0 Å². The van der Waals surface area contributed by atoms with Crippen LogP contribution in [0.2, 0.25) is 0 Å². The van der Waals surface area contributed by atoms with Crippen LogP contribution in [0.3, 0.4) is 0 Å². The number of nitrogens with one attached hydrogen (secondary N) is 1. The number of fused-ring (bicyclic) bond motifs is 1. The van der Waals surface area contributed by atoms with E-state index in [0.717, 1.165) is 24.2 Å². The molecule has 3 nitrogen and oxygen atoms in total. The van der Waals surface area contributed by atoms with Crippen LogP contribution in [-0.2, 0) is 12.8 Å². The lowest BCUT2D eigenvalue weighted by atomic mass is 9.93. The average molecular weight is 247 g/mol. The Balaban J connectivity index is 2.48. The Hall–Kier alpha value is -1.35. The first-order valence-electron chi connectivity index (χ1n) is 6.64. The minimum absolute atomic E-state index is 0.132. The standard InChI is InChI=1S/C15H21NO2/c1-16-10-13(17)15-12-7-5-3-4-6-11(12)8-9-14(15)18-2/h8-9,16H,3-7,10H2,1-2H3. The fourth-order valence-corrected chi connectivity index (χ4v) is 2.71. The van der Waals surface area contributed by atoms with Gasteiger partial charge in [0, 0.05) is 0 Å². The van der Waals surface area contributed by atoms with Gasteiger partial charge in [-0.1, -0.05) is 12.5 Å². The first-order valence-corrected chi connectivity index (χ1v) is 6.64. The largest absolute Gasteiger partial charge is 0.496 e. The Morgan fingerprint density at radius 3 is 2.78 bits per heavy atom. The van der Waals surface area contributed by atoms with Crippen molar-refractivity contribution in [3.8, 4) is 5.75 Å². The van der Waals surface area contributed by atoms with E-state index in [9.17, 15) is 4.79 Å². The quantitative estimate of drug-likeness (QED) is 0.655. The molecule has 0 unspecified atom stereocenters. The zero-order valence-electron chi connectivity index (χ0n) is 11.2. The zero-order chi connectivity index (χ0) is 13.0. The molecule has 0 amide bonds. The maximum absolute atomic E-state index is 12.3. The minimum Gasteiger partial charge on any atom is -0.496 e. The predicted octanol–water partition coefficient (Wildman–Crippen LogP) is 2.37. The maximum Gasteiger partial charge on any atom is 0.180 e. The number of likely N-dealkylation sites (N-methyl/N-ethyl adjacent to an activating group) is 1. The van der Waals surface area contributed by atoms with Crippen molar-refractivity contribution >= 4 is 5.78 Å². The van der Waals surface area contributed by atoms with Gasteiger partial charge in [-0.15, -0.1) is 0 Å². The first kappa shape index (κ1) is 13.1. The molecule has 0 aromatic heterocycles. The summed E-state index contributed by atoms with van der Waals surface area (Å²) in [6.45, 7) is 0.368. The van der Waals surface area contributed by atoms with E-state index in [-0.39, 0.29) is 5.78 Å². The smallest absolute Gasteiger partial charge is 0.180 e. The molecule has 1 aliphatic carbocycles. The van der Waals surface area contributed by atoms with E-state index in [1.54, 1.807) is 14.2 Å². The van der Waals surface area contributed by atoms with Gasteiger partial charge in [0.15, 0.2) is 5.78 Å². The molecule has 0 radical (unpaired) electrons. The second-order valence-electron chi connectivity index (χ2n) is 4.79. The van der Waals surface area contributed by atoms with Gasteiger partial charge in [-0.2, -0.15) is 0 Å². The summed E-state index contributed by atoms with van der Waals surface area (Å²) < 4.78 is 5.37. The van der Waals surface area contributed by atoms with E-state index in [4.69, 9.17) is 4.74 Å². The lowest BCUT2D eigenvalue weighted by Crippen LogP contribution is -2.21.